The highest BCUT2D eigenvalue weighted by atomic mass is 15.5. The number of hydrogen-bond donors (Lipinski definition) is 1. The maximum atomic E-state index is 4.02. The zero-order valence-corrected chi connectivity index (χ0v) is 10.2. The van der Waals surface area contributed by atoms with E-state index in [-0.39, 0.29) is 0 Å². The van der Waals surface area contributed by atoms with E-state index in [1.54, 1.807) is 0 Å². The van der Waals surface area contributed by atoms with Gasteiger partial charge in [0.25, 0.3) is 0 Å². The van der Waals surface area contributed by atoms with Gasteiger partial charge in [-0.25, -0.2) is 0 Å². The van der Waals surface area contributed by atoms with Gasteiger partial charge in [0, 0.05) is 5.56 Å². The Balaban J connectivity index is 1.96. The zero-order chi connectivity index (χ0) is 12.9. The molecule has 3 aromatic rings. The van der Waals surface area contributed by atoms with E-state index in [0.717, 1.165) is 16.7 Å². The van der Waals surface area contributed by atoms with Gasteiger partial charge in [0.15, 0.2) is 0 Å². The Labute approximate surface area is 110 Å². The quantitative estimate of drug-likeness (QED) is 0.725. The van der Waals surface area contributed by atoms with Crippen molar-refractivity contribution in [2.24, 2.45) is 0 Å². The number of nitrogens with zero attached hydrogens (tertiary/aromatic N) is 3. The third kappa shape index (κ3) is 2.57. The number of hydrogen-bond acceptors (Lipinski definition) is 3. The van der Waals surface area contributed by atoms with Crippen molar-refractivity contribution >= 4 is 12.2 Å². The number of H-pyrrole nitrogens is 1. The molecule has 0 aliphatic heterocycles. The summed E-state index contributed by atoms with van der Waals surface area (Å²) in [7, 11) is 0. The molecule has 1 aromatic heterocycles. The first-order chi connectivity index (χ1) is 9.43. The minimum Gasteiger partial charge on any atom is -0.177 e. The Kier molecular flexibility index (Phi) is 3.14. The van der Waals surface area contributed by atoms with E-state index in [9.17, 15) is 0 Å². The molecule has 0 amide bonds. The van der Waals surface area contributed by atoms with E-state index < -0.39 is 0 Å². The Morgan fingerprint density at radius 3 is 2.42 bits per heavy atom. The lowest BCUT2D eigenvalue weighted by molar-refractivity contribution is 0.881. The predicted octanol–water partition coefficient (Wildman–Crippen LogP) is 3.04. The van der Waals surface area contributed by atoms with E-state index in [4.69, 9.17) is 0 Å². The first-order valence-electron chi connectivity index (χ1n) is 5.99. The van der Waals surface area contributed by atoms with Gasteiger partial charge in [-0.15, -0.1) is 10.2 Å². The van der Waals surface area contributed by atoms with Crippen molar-refractivity contribution in [2.75, 3.05) is 0 Å². The molecule has 0 aliphatic rings. The summed E-state index contributed by atoms with van der Waals surface area (Å²) in [5.74, 6) is 0.605. The molecule has 19 heavy (non-hydrogen) atoms. The normalized spacial score (nSPS) is 10.9. The molecule has 4 heteroatoms. The van der Waals surface area contributed by atoms with E-state index >= 15 is 0 Å². The van der Waals surface area contributed by atoms with Crippen LogP contribution in [0.2, 0.25) is 0 Å². The van der Waals surface area contributed by atoms with E-state index in [0.29, 0.717) is 5.82 Å². The molecule has 4 nitrogen and oxygen atoms in total. The van der Waals surface area contributed by atoms with Crippen LogP contribution >= 0.6 is 0 Å². The molecule has 0 saturated carbocycles. The Hall–Kier alpha value is -2.75. The topological polar surface area (TPSA) is 54.5 Å². The van der Waals surface area contributed by atoms with Crippen LogP contribution in [-0.4, -0.2) is 20.6 Å². The largest absolute Gasteiger partial charge is 0.205 e. The molecule has 0 saturated heterocycles. The van der Waals surface area contributed by atoms with Crippen molar-refractivity contribution in [3.05, 3.63) is 65.7 Å². The standard InChI is InChI=1S/C15H12N4/c1-2-6-12(7-3-1)10-11-13-8-4-5-9-14(13)15-16-18-19-17-15/h1-11H,(H,16,17,18,19)/b11-10+. The van der Waals surface area contributed by atoms with Crippen molar-refractivity contribution in [1.82, 2.24) is 20.6 Å². The van der Waals surface area contributed by atoms with Crippen LogP contribution in [0.25, 0.3) is 23.5 Å². The molecule has 1 heterocycles. The predicted molar refractivity (Wildman–Crippen MR) is 75.0 cm³/mol. The molecule has 0 fully saturated rings. The molecule has 0 atom stereocenters. The minimum atomic E-state index is 0.605. The van der Waals surface area contributed by atoms with E-state index in [1.807, 2.05) is 42.5 Å². The summed E-state index contributed by atoms with van der Waals surface area (Å²) in [6.45, 7) is 0. The first-order valence-corrected chi connectivity index (χ1v) is 5.99. The number of nitrogens with one attached hydrogen (secondary N) is 1. The lowest BCUT2D eigenvalue weighted by atomic mass is 10.1. The molecule has 0 spiro atoms. The van der Waals surface area contributed by atoms with Crippen LogP contribution in [0.1, 0.15) is 11.1 Å². The van der Waals surface area contributed by atoms with Crippen LogP contribution in [0.5, 0.6) is 0 Å². The molecule has 3 rings (SSSR count). The third-order valence-corrected chi connectivity index (χ3v) is 2.80. The monoisotopic (exact) mass is 248 g/mol. The second-order valence-corrected chi connectivity index (χ2v) is 4.07. The van der Waals surface area contributed by atoms with Gasteiger partial charge in [-0.1, -0.05) is 66.7 Å². The smallest absolute Gasteiger partial charge is 0.177 e. The lowest BCUT2D eigenvalue weighted by Gasteiger charge is -2.00. The Morgan fingerprint density at radius 1 is 0.842 bits per heavy atom. The number of rotatable bonds is 3. The Bertz CT molecular complexity index is 672. The number of tetrazole rings is 1. The fourth-order valence-corrected chi connectivity index (χ4v) is 1.87. The summed E-state index contributed by atoms with van der Waals surface area (Å²) in [5, 5.41) is 14.1. The molecule has 0 radical (unpaired) electrons. The maximum absolute atomic E-state index is 4.02. The molecule has 1 N–H and O–H groups in total. The number of aromatic amines is 1. The minimum absolute atomic E-state index is 0.605. The summed E-state index contributed by atoms with van der Waals surface area (Å²) in [5.41, 5.74) is 3.18. The van der Waals surface area contributed by atoms with Crippen LogP contribution in [0, 0.1) is 0 Å². The molecular weight excluding hydrogens is 236 g/mol. The van der Waals surface area contributed by atoms with Crippen LogP contribution in [0.3, 0.4) is 0 Å². The fourth-order valence-electron chi connectivity index (χ4n) is 1.87. The van der Waals surface area contributed by atoms with E-state index in [2.05, 4.69) is 44.9 Å². The van der Waals surface area contributed by atoms with Crippen LogP contribution in [0.15, 0.2) is 54.6 Å². The average Bonchev–Trinajstić information content (AvgIpc) is 3.01. The lowest BCUT2D eigenvalue weighted by Crippen LogP contribution is -1.85. The van der Waals surface area contributed by atoms with Gasteiger partial charge >= 0.3 is 0 Å². The van der Waals surface area contributed by atoms with Gasteiger partial charge in [-0.05, 0) is 16.3 Å². The molecular formula is C15H12N4. The summed E-state index contributed by atoms with van der Waals surface area (Å²) in [4.78, 5) is 0. The van der Waals surface area contributed by atoms with Crippen LogP contribution in [-0.2, 0) is 0 Å². The van der Waals surface area contributed by atoms with Gasteiger partial charge < -0.3 is 0 Å². The molecule has 2 aromatic carbocycles. The van der Waals surface area contributed by atoms with Crippen molar-refractivity contribution in [3.63, 3.8) is 0 Å². The molecule has 92 valence electrons. The van der Waals surface area contributed by atoms with Gasteiger partial charge in [0.1, 0.15) is 0 Å². The second-order valence-electron chi connectivity index (χ2n) is 4.07. The highest BCUT2D eigenvalue weighted by Crippen LogP contribution is 2.21. The van der Waals surface area contributed by atoms with Gasteiger partial charge in [-0.2, -0.15) is 5.21 Å². The zero-order valence-electron chi connectivity index (χ0n) is 10.2. The summed E-state index contributed by atoms with van der Waals surface area (Å²) in [6.07, 6.45) is 4.12. The molecule has 0 unspecified atom stereocenters. The summed E-state index contributed by atoms with van der Waals surface area (Å²) < 4.78 is 0. The van der Waals surface area contributed by atoms with Gasteiger partial charge in [0.2, 0.25) is 5.82 Å². The van der Waals surface area contributed by atoms with Crippen molar-refractivity contribution in [3.8, 4) is 11.4 Å². The Morgan fingerprint density at radius 2 is 1.63 bits per heavy atom. The number of benzene rings is 2. The fraction of sp³-hybridized carbons (Fsp3) is 0. The molecule has 0 bridgehead atoms. The third-order valence-electron chi connectivity index (χ3n) is 2.80. The first kappa shape index (κ1) is 11.3. The van der Waals surface area contributed by atoms with Gasteiger partial charge in [0.05, 0.1) is 0 Å². The highest BCUT2D eigenvalue weighted by molar-refractivity contribution is 5.78. The molecule has 0 aliphatic carbocycles. The summed E-state index contributed by atoms with van der Waals surface area (Å²) >= 11 is 0. The SMILES string of the molecule is C(=C\c1ccccc1-c1nn[nH]n1)/c1ccccc1. The maximum Gasteiger partial charge on any atom is 0.205 e. The van der Waals surface area contributed by atoms with Crippen molar-refractivity contribution in [1.29, 1.82) is 0 Å². The van der Waals surface area contributed by atoms with Crippen LogP contribution < -0.4 is 0 Å². The summed E-state index contributed by atoms with van der Waals surface area (Å²) in [6, 6.07) is 18.1. The number of aromatic nitrogens is 4. The van der Waals surface area contributed by atoms with Gasteiger partial charge in [-0.3, -0.25) is 0 Å². The second kappa shape index (κ2) is 5.27. The average molecular weight is 248 g/mol. The highest BCUT2D eigenvalue weighted by Gasteiger charge is 2.05. The van der Waals surface area contributed by atoms with E-state index in [1.165, 1.54) is 0 Å². The van der Waals surface area contributed by atoms with Crippen molar-refractivity contribution in [2.45, 2.75) is 0 Å². The van der Waals surface area contributed by atoms with Crippen molar-refractivity contribution < 1.29 is 0 Å². The van der Waals surface area contributed by atoms with Crippen LogP contribution in [0.4, 0.5) is 0 Å².